The van der Waals surface area contributed by atoms with Crippen LogP contribution in [0.2, 0.25) is 0 Å². The lowest BCUT2D eigenvalue weighted by molar-refractivity contribution is 0.459. The molecule has 4 N–H and O–H groups in total. The molecular formula is C13H17N5OS2. The van der Waals surface area contributed by atoms with Crippen LogP contribution < -0.4 is 11.5 Å². The van der Waals surface area contributed by atoms with Crippen LogP contribution in [0.3, 0.4) is 0 Å². The molecule has 0 saturated heterocycles. The van der Waals surface area contributed by atoms with Gasteiger partial charge in [-0.1, -0.05) is 12.2 Å². The zero-order chi connectivity index (χ0) is 15.4. The van der Waals surface area contributed by atoms with Gasteiger partial charge in [-0.05, 0) is 19.1 Å². The zero-order valence-electron chi connectivity index (χ0n) is 11.9. The quantitative estimate of drug-likeness (QED) is 0.497. The van der Waals surface area contributed by atoms with E-state index < -0.39 is 0 Å². The first-order valence-electron chi connectivity index (χ1n) is 6.31. The van der Waals surface area contributed by atoms with E-state index >= 15 is 0 Å². The van der Waals surface area contributed by atoms with Crippen LogP contribution in [0.4, 0.5) is 5.13 Å². The van der Waals surface area contributed by atoms with Crippen molar-refractivity contribution in [3.63, 3.8) is 0 Å². The smallest absolute Gasteiger partial charge is 0.212 e. The Morgan fingerprint density at radius 2 is 2.24 bits per heavy atom. The number of aliphatic imine (C=N–C) groups is 1. The van der Waals surface area contributed by atoms with E-state index in [-0.39, 0.29) is 5.96 Å². The van der Waals surface area contributed by atoms with Gasteiger partial charge in [-0.3, -0.25) is 0 Å². The van der Waals surface area contributed by atoms with E-state index in [9.17, 15) is 0 Å². The summed E-state index contributed by atoms with van der Waals surface area (Å²) in [6.07, 6.45) is 0.787. The third-order valence-corrected chi connectivity index (χ3v) is 3.91. The molecule has 0 aliphatic rings. The normalized spacial score (nSPS) is 10.4. The van der Waals surface area contributed by atoms with Gasteiger partial charge in [-0.25, -0.2) is 4.98 Å². The molecule has 2 heterocycles. The average molecular weight is 323 g/mol. The number of likely N-dealkylation sites (N-methyl/N-ethyl adjacent to an activating group) is 1. The lowest BCUT2D eigenvalue weighted by Gasteiger charge is -2.15. The lowest BCUT2D eigenvalue weighted by Crippen LogP contribution is -2.24. The number of rotatable bonds is 5. The third kappa shape index (κ3) is 4.27. The van der Waals surface area contributed by atoms with Gasteiger partial charge in [0.2, 0.25) is 5.13 Å². The van der Waals surface area contributed by atoms with Crippen molar-refractivity contribution in [3.8, 4) is 11.5 Å². The number of nitrogens with two attached hydrogens (primary N) is 2. The molecule has 0 radical (unpaired) electrons. The predicted molar refractivity (Wildman–Crippen MR) is 89.9 cm³/mol. The van der Waals surface area contributed by atoms with Crippen LogP contribution in [0.15, 0.2) is 26.9 Å². The molecule has 21 heavy (non-hydrogen) atoms. The minimum absolute atomic E-state index is 0.00499. The molecule has 0 saturated carbocycles. The van der Waals surface area contributed by atoms with Crippen molar-refractivity contribution >= 4 is 39.6 Å². The number of nitrogens with zero attached hydrogens (tertiary/aromatic N) is 3. The van der Waals surface area contributed by atoms with E-state index in [1.165, 1.54) is 11.3 Å². The molecule has 0 bridgehead atoms. The Kier molecular flexibility index (Phi) is 4.92. The number of hydrogen-bond acceptors (Lipinski definition) is 5. The number of furan rings is 1. The Bertz CT molecular complexity index is 657. The maximum atomic E-state index is 5.78. The SMILES string of the molecule is CC(=S)N(C)CCc1ccc(-c2csc(N=C(N)N)n2)o1. The zero-order valence-corrected chi connectivity index (χ0v) is 13.5. The van der Waals surface area contributed by atoms with Gasteiger partial charge in [0.1, 0.15) is 11.5 Å². The molecule has 0 aliphatic carbocycles. The fourth-order valence-electron chi connectivity index (χ4n) is 1.62. The van der Waals surface area contributed by atoms with Gasteiger partial charge < -0.3 is 20.8 Å². The first-order valence-corrected chi connectivity index (χ1v) is 7.60. The Morgan fingerprint density at radius 1 is 1.48 bits per heavy atom. The molecule has 8 heteroatoms. The molecule has 2 aromatic heterocycles. The summed E-state index contributed by atoms with van der Waals surface area (Å²) in [5.41, 5.74) is 11.4. The highest BCUT2D eigenvalue weighted by atomic mass is 32.1. The number of hydrogen-bond donors (Lipinski definition) is 2. The van der Waals surface area contributed by atoms with E-state index in [1.807, 2.05) is 36.4 Å². The second-order valence-corrected chi connectivity index (χ2v) is 5.94. The molecular weight excluding hydrogens is 306 g/mol. The summed E-state index contributed by atoms with van der Waals surface area (Å²) in [4.78, 5) is 11.1. The third-order valence-electron chi connectivity index (χ3n) is 2.86. The second-order valence-electron chi connectivity index (χ2n) is 4.51. The molecule has 2 aromatic rings. The van der Waals surface area contributed by atoms with Crippen molar-refractivity contribution in [3.05, 3.63) is 23.3 Å². The molecule has 0 spiro atoms. The highest BCUT2D eigenvalue weighted by molar-refractivity contribution is 7.80. The van der Waals surface area contributed by atoms with E-state index in [2.05, 4.69) is 9.98 Å². The summed E-state index contributed by atoms with van der Waals surface area (Å²) in [5, 5.41) is 2.37. The number of thiocarbonyl (C=S) groups is 1. The second kappa shape index (κ2) is 6.68. The molecule has 112 valence electrons. The average Bonchev–Trinajstić information content (AvgIpc) is 3.03. The van der Waals surface area contributed by atoms with Crippen LogP contribution in [0, 0.1) is 0 Å². The number of guanidine groups is 1. The fraction of sp³-hybridized carbons (Fsp3) is 0.308. The molecule has 0 aliphatic heterocycles. The Labute approximate surface area is 132 Å². The van der Waals surface area contributed by atoms with Crippen LogP contribution >= 0.6 is 23.6 Å². The van der Waals surface area contributed by atoms with E-state index in [4.69, 9.17) is 28.1 Å². The van der Waals surface area contributed by atoms with Crippen molar-refractivity contribution in [1.29, 1.82) is 0 Å². The van der Waals surface area contributed by atoms with Crippen molar-refractivity contribution in [2.45, 2.75) is 13.3 Å². The van der Waals surface area contributed by atoms with Gasteiger partial charge in [0.05, 0.1) is 4.99 Å². The molecule has 6 nitrogen and oxygen atoms in total. The summed E-state index contributed by atoms with van der Waals surface area (Å²) >= 11 is 6.47. The van der Waals surface area contributed by atoms with Gasteiger partial charge in [-0.2, -0.15) is 4.99 Å². The minimum atomic E-state index is -0.00499. The Balaban J connectivity index is 2.04. The maximum Gasteiger partial charge on any atom is 0.212 e. The van der Waals surface area contributed by atoms with E-state index in [0.717, 1.165) is 29.4 Å². The summed E-state index contributed by atoms with van der Waals surface area (Å²) < 4.78 is 5.78. The van der Waals surface area contributed by atoms with Crippen LogP contribution in [-0.2, 0) is 6.42 Å². The van der Waals surface area contributed by atoms with Crippen molar-refractivity contribution in [2.75, 3.05) is 13.6 Å². The Morgan fingerprint density at radius 3 is 2.90 bits per heavy atom. The van der Waals surface area contributed by atoms with Gasteiger partial charge in [-0.15, -0.1) is 11.3 Å². The van der Waals surface area contributed by atoms with Crippen LogP contribution in [0.5, 0.6) is 0 Å². The van der Waals surface area contributed by atoms with Gasteiger partial charge in [0.25, 0.3) is 0 Å². The number of thiazole rings is 1. The maximum absolute atomic E-state index is 5.78. The van der Waals surface area contributed by atoms with E-state index in [0.29, 0.717) is 10.9 Å². The predicted octanol–water partition coefficient (Wildman–Crippen LogP) is 2.13. The molecule has 0 fully saturated rings. The molecule has 0 unspecified atom stereocenters. The lowest BCUT2D eigenvalue weighted by atomic mass is 10.3. The van der Waals surface area contributed by atoms with Crippen molar-refractivity contribution in [1.82, 2.24) is 9.88 Å². The van der Waals surface area contributed by atoms with Gasteiger partial charge >= 0.3 is 0 Å². The standard InChI is InChI=1S/C13H17N5OS2/c1-8(20)18(2)6-5-9-3-4-11(19-9)10-7-21-13(16-10)17-12(14)15/h3-4,7H,5-6H2,1-2H3,(H4,14,15,16,17). The minimum Gasteiger partial charge on any atom is -0.459 e. The van der Waals surface area contributed by atoms with Crippen molar-refractivity contribution in [2.24, 2.45) is 16.5 Å². The highest BCUT2D eigenvalue weighted by Crippen LogP contribution is 2.28. The van der Waals surface area contributed by atoms with Gasteiger partial charge in [0, 0.05) is 25.4 Å². The van der Waals surface area contributed by atoms with Gasteiger partial charge in [0.15, 0.2) is 11.7 Å². The number of aromatic nitrogens is 1. The van der Waals surface area contributed by atoms with Crippen LogP contribution in [0.1, 0.15) is 12.7 Å². The summed E-state index contributed by atoms with van der Waals surface area (Å²) in [6, 6.07) is 3.84. The Hall–Kier alpha value is -1.93. The summed E-state index contributed by atoms with van der Waals surface area (Å²) in [5.74, 6) is 1.60. The first-order chi connectivity index (χ1) is 9.95. The molecule has 0 amide bonds. The van der Waals surface area contributed by atoms with Crippen molar-refractivity contribution < 1.29 is 4.42 Å². The van der Waals surface area contributed by atoms with Crippen LogP contribution in [0.25, 0.3) is 11.5 Å². The topological polar surface area (TPSA) is 93.7 Å². The molecule has 0 atom stereocenters. The molecule has 0 aromatic carbocycles. The highest BCUT2D eigenvalue weighted by Gasteiger charge is 2.10. The first kappa shape index (κ1) is 15.5. The van der Waals surface area contributed by atoms with Crippen LogP contribution in [-0.4, -0.2) is 34.4 Å². The monoisotopic (exact) mass is 323 g/mol. The summed E-state index contributed by atoms with van der Waals surface area (Å²) in [7, 11) is 1.97. The largest absolute Gasteiger partial charge is 0.459 e. The summed E-state index contributed by atoms with van der Waals surface area (Å²) in [6.45, 7) is 2.72. The van der Waals surface area contributed by atoms with E-state index in [1.54, 1.807) is 0 Å². The fourth-order valence-corrected chi connectivity index (χ4v) is 2.41. The molecule has 2 rings (SSSR count).